The lowest BCUT2D eigenvalue weighted by Crippen LogP contribution is -2.15. The third-order valence-corrected chi connectivity index (χ3v) is 2.90. The van der Waals surface area contributed by atoms with Crippen molar-refractivity contribution in [3.05, 3.63) is 22.2 Å². The highest BCUT2D eigenvalue weighted by atomic mass is 32.1. The Bertz CT molecular complexity index is 300. The van der Waals surface area contributed by atoms with E-state index in [1.807, 2.05) is 13.1 Å². The van der Waals surface area contributed by atoms with Crippen LogP contribution in [-0.4, -0.2) is 17.6 Å². The number of hydrogen-bond donors (Lipinski definition) is 1. The summed E-state index contributed by atoms with van der Waals surface area (Å²) in [4.78, 5) is 5.44. The summed E-state index contributed by atoms with van der Waals surface area (Å²) in [5.41, 5.74) is 0. The third-order valence-electron chi connectivity index (χ3n) is 2.02. The second-order valence-corrected chi connectivity index (χ2v) is 4.63. The van der Waals surface area contributed by atoms with E-state index in [2.05, 4.69) is 22.5 Å². The van der Waals surface area contributed by atoms with Crippen molar-refractivity contribution in [2.24, 2.45) is 0 Å². The number of rotatable bonds is 4. The number of thiazole rings is 1. The Morgan fingerprint density at radius 2 is 2.54 bits per heavy atom. The van der Waals surface area contributed by atoms with Gasteiger partial charge in [-0.05, 0) is 25.8 Å². The minimum absolute atomic E-state index is 0.799. The van der Waals surface area contributed by atoms with E-state index >= 15 is 0 Å². The lowest BCUT2D eigenvalue weighted by atomic mass is 10.4. The lowest BCUT2D eigenvalue weighted by Gasteiger charge is -1.93. The number of nitrogens with one attached hydrogen (secondary N) is 1. The molecule has 1 aliphatic carbocycles. The molecule has 1 fully saturated rings. The monoisotopic (exact) mass is 194 g/mol. The summed E-state index contributed by atoms with van der Waals surface area (Å²) in [7, 11) is 0. The van der Waals surface area contributed by atoms with Crippen LogP contribution in [0.4, 0.5) is 0 Å². The maximum Gasteiger partial charge on any atom is 0.0900 e. The normalized spacial score (nSPS) is 17.0. The maximum atomic E-state index is 4.19. The van der Waals surface area contributed by atoms with Crippen LogP contribution in [0.5, 0.6) is 0 Å². The molecule has 1 heterocycles. The zero-order valence-electron chi connectivity index (χ0n) is 7.79. The van der Waals surface area contributed by atoms with Crippen LogP contribution in [0.3, 0.4) is 0 Å². The fraction of sp³-hybridized carbons (Fsp3) is 0.500. The van der Waals surface area contributed by atoms with Crippen molar-refractivity contribution < 1.29 is 0 Å². The van der Waals surface area contributed by atoms with E-state index in [0.29, 0.717) is 0 Å². The van der Waals surface area contributed by atoms with Crippen molar-refractivity contribution in [2.45, 2.75) is 25.8 Å². The molecule has 0 aliphatic heterocycles. The fourth-order valence-corrected chi connectivity index (χ4v) is 1.87. The smallest absolute Gasteiger partial charge is 0.0900 e. The summed E-state index contributed by atoms with van der Waals surface area (Å²) in [5.74, 6) is 0. The third kappa shape index (κ3) is 2.94. The summed E-state index contributed by atoms with van der Waals surface area (Å²) in [6.07, 6.45) is 8.94. The summed E-state index contributed by atoms with van der Waals surface area (Å²) >= 11 is 1.74. The van der Waals surface area contributed by atoms with Crippen molar-refractivity contribution in [1.29, 1.82) is 0 Å². The Labute approximate surface area is 82.7 Å². The standard InChI is InChI=1S/C10H14N2S/c1-8-12-7-10(13-8)3-2-6-11-9-4-5-9/h2-3,7,9,11H,4-6H2,1H3. The topological polar surface area (TPSA) is 24.9 Å². The van der Waals surface area contributed by atoms with E-state index in [1.54, 1.807) is 11.3 Å². The quantitative estimate of drug-likeness (QED) is 0.795. The van der Waals surface area contributed by atoms with Gasteiger partial charge in [0.05, 0.1) is 5.01 Å². The van der Waals surface area contributed by atoms with E-state index in [-0.39, 0.29) is 0 Å². The molecule has 0 saturated heterocycles. The lowest BCUT2D eigenvalue weighted by molar-refractivity contribution is 0.754. The summed E-state index contributed by atoms with van der Waals surface area (Å²) in [6, 6.07) is 0.799. The molecule has 0 radical (unpaired) electrons. The number of aryl methyl sites for hydroxylation is 1. The minimum atomic E-state index is 0.799. The Morgan fingerprint density at radius 3 is 3.15 bits per heavy atom. The molecule has 0 bridgehead atoms. The van der Waals surface area contributed by atoms with Crippen LogP contribution < -0.4 is 5.32 Å². The zero-order valence-corrected chi connectivity index (χ0v) is 8.60. The van der Waals surface area contributed by atoms with Crippen LogP contribution >= 0.6 is 11.3 Å². The largest absolute Gasteiger partial charge is 0.311 e. The molecule has 1 aromatic rings. The molecule has 0 unspecified atom stereocenters. The van der Waals surface area contributed by atoms with Gasteiger partial charge in [0.1, 0.15) is 0 Å². The van der Waals surface area contributed by atoms with Crippen LogP contribution in [0.25, 0.3) is 6.08 Å². The molecule has 1 aromatic heterocycles. The molecule has 1 N–H and O–H groups in total. The molecule has 2 nitrogen and oxygen atoms in total. The van der Waals surface area contributed by atoms with Gasteiger partial charge in [-0.2, -0.15) is 0 Å². The molecule has 0 aromatic carbocycles. The van der Waals surface area contributed by atoms with Gasteiger partial charge in [0.15, 0.2) is 0 Å². The van der Waals surface area contributed by atoms with Crippen LogP contribution in [0.1, 0.15) is 22.7 Å². The van der Waals surface area contributed by atoms with Crippen molar-refractivity contribution in [3.63, 3.8) is 0 Å². The predicted molar refractivity (Wildman–Crippen MR) is 56.9 cm³/mol. The van der Waals surface area contributed by atoms with Gasteiger partial charge in [-0.25, -0.2) is 4.98 Å². The van der Waals surface area contributed by atoms with Gasteiger partial charge < -0.3 is 5.32 Å². The van der Waals surface area contributed by atoms with E-state index < -0.39 is 0 Å². The first-order valence-corrected chi connectivity index (χ1v) is 5.48. The molecule has 1 saturated carbocycles. The van der Waals surface area contributed by atoms with Crippen LogP contribution in [0.15, 0.2) is 12.3 Å². The van der Waals surface area contributed by atoms with E-state index in [4.69, 9.17) is 0 Å². The molecule has 3 heteroatoms. The van der Waals surface area contributed by atoms with Gasteiger partial charge in [0.2, 0.25) is 0 Å². The van der Waals surface area contributed by atoms with Crippen molar-refractivity contribution in [3.8, 4) is 0 Å². The first kappa shape index (κ1) is 8.91. The first-order valence-electron chi connectivity index (χ1n) is 4.67. The van der Waals surface area contributed by atoms with Gasteiger partial charge in [-0.3, -0.25) is 0 Å². The van der Waals surface area contributed by atoms with E-state index in [1.165, 1.54) is 17.7 Å². The number of aromatic nitrogens is 1. The minimum Gasteiger partial charge on any atom is -0.311 e. The van der Waals surface area contributed by atoms with Crippen LogP contribution in [0.2, 0.25) is 0 Å². The maximum absolute atomic E-state index is 4.19. The number of nitrogens with zero attached hydrogens (tertiary/aromatic N) is 1. The summed E-state index contributed by atoms with van der Waals surface area (Å²) in [5, 5.41) is 4.57. The summed E-state index contributed by atoms with van der Waals surface area (Å²) < 4.78 is 0. The van der Waals surface area contributed by atoms with Crippen molar-refractivity contribution >= 4 is 17.4 Å². The fourth-order valence-electron chi connectivity index (χ4n) is 1.15. The van der Waals surface area contributed by atoms with Crippen molar-refractivity contribution in [2.75, 3.05) is 6.54 Å². The van der Waals surface area contributed by atoms with E-state index in [0.717, 1.165) is 17.6 Å². The van der Waals surface area contributed by atoms with Gasteiger partial charge in [-0.15, -0.1) is 11.3 Å². The highest BCUT2D eigenvalue weighted by molar-refractivity contribution is 7.12. The number of hydrogen-bond acceptors (Lipinski definition) is 3. The molecule has 2 rings (SSSR count). The molecular formula is C10H14N2S. The molecular weight excluding hydrogens is 180 g/mol. The summed E-state index contributed by atoms with van der Waals surface area (Å²) in [6.45, 7) is 3.02. The Balaban J connectivity index is 1.75. The second kappa shape index (κ2) is 4.03. The molecule has 0 spiro atoms. The SMILES string of the molecule is Cc1ncc(C=CCNC2CC2)s1. The van der Waals surface area contributed by atoms with Crippen LogP contribution in [0, 0.1) is 6.92 Å². The average molecular weight is 194 g/mol. The van der Waals surface area contributed by atoms with Gasteiger partial charge >= 0.3 is 0 Å². The highest BCUT2D eigenvalue weighted by Gasteiger charge is 2.18. The van der Waals surface area contributed by atoms with Crippen molar-refractivity contribution in [1.82, 2.24) is 10.3 Å². The average Bonchev–Trinajstić information content (AvgIpc) is 2.84. The molecule has 0 atom stereocenters. The van der Waals surface area contributed by atoms with Gasteiger partial charge in [0.25, 0.3) is 0 Å². The zero-order chi connectivity index (χ0) is 9.10. The molecule has 1 aliphatic rings. The Morgan fingerprint density at radius 1 is 1.69 bits per heavy atom. The Kier molecular flexibility index (Phi) is 2.76. The highest BCUT2D eigenvalue weighted by Crippen LogP contribution is 2.18. The Hall–Kier alpha value is -0.670. The van der Waals surface area contributed by atoms with Gasteiger partial charge in [-0.1, -0.05) is 6.08 Å². The molecule has 13 heavy (non-hydrogen) atoms. The first-order chi connectivity index (χ1) is 6.34. The van der Waals surface area contributed by atoms with Crippen LogP contribution in [-0.2, 0) is 0 Å². The van der Waals surface area contributed by atoms with E-state index in [9.17, 15) is 0 Å². The molecule has 70 valence electrons. The second-order valence-electron chi connectivity index (χ2n) is 3.37. The van der Waals surface area contributed by atoms with Gasteiger partial charge in [0, 0.05) is 23.7 Å². The molecule has 0 amide bonds. The predicted octanol–water partition coefficient (Wildman–Crippen LogP) is 2.22.